The van der Waals surface area contributed by atoms with E-state index in [1.165, 1.54) is 4.31 Å². The molecule has 94 valence electrons. The Balaban J connectivity index is 1.80. The molecule has 0 amide bonds. The number of nitrogens with one attached hydrogen (secondary N) is 2. The lowest BCUT2D eigenvalue weighted by Crippen LogP contribution is -2.65. The standard InChI is InChI=1S/C9H20N4O2S/c1-2-11-16(14,15)13-7-9(8-13)12-5-3-10-4-6-12/h9-11H,2-8H2,1H3. The van der Waals surface area contributed by atoms with Gasteiger partial charge < -0.3 is 5.32 Å². The maximum absolute atomic E-state index is 11.6. The topological polar surface area (TPSA) is 64.7 Å². The predicted molar refractivity (Wildman–Crippen MR) is 62.4 cm³/mol. The number of hydrogen-bond donors (Lipinski definition) is 2. The molecule has 2 aliphatic heterocycles. The van der Waals surface area contributed by atoms with Crippen molar-refractivity contribution < 1.29 is 8.42 Å². The van der Waals surface area contributed by atoms with Crippen molar-refractivity contribution in [3.8, 4) is 0 Å². The van der Waals surface area contributed by atoms with Crippen molar-refractivity contribution in [1.29, 1.82) is 0 Å². The van der Waals surface area contributed by atoms with Gasteiger partial charge in [-0.15, -0.1) is 0 Å². The lowest BCUT2D eigenvalue weighted by Gasteiger charge is -2.45. The van der Waals surface area contributed by atoms with E-state index in [9.17, 15) is 8.42 Å². The van der Waals surface area contributed by atoms with Crippen LogP contribution in [0.5, 0.6) is 0 Å². The van der Waals surface area contributed by atoms with Crippen LogP contribution in [0.4, 0.5) is 0 Å². The van der Waals surface area contributed by atoms with E-state index in [2.05, 4.69) is 14.9 Å². The third kappa shape index (κ3) is 2.54. The van der Waals surface area contributed by atoms with Gasteiger partial charge in [-0.05, 0) is 0 Å². The first-order valence-corrected chi connectivity index (χ1v) is 7.27. The first kappa shape index (κ1) is 12.3. The minimum absolute atomic E-state index is 0.413. The molecule has 0 radical (unpaired) electrons. The van der Waals surface area contributed by atoms with Crippen LogP contribution < -0.4 is 10.0 Å². The fraction of sp³-hybridized carbons (Fsp3) is 1.00. The van der Waals surface area contributed by atoms with Gasteiger partial charge in [0.2, 0.25) is 0 Å². The second kappa shape index (κ2) is 4.97. The second-order valence-electron chi connectivity index (χ2n) is 4.26. The molecule has 16 heavy (non-hydrogen) atoms. The van der Waals surface area contributed by atoms with Gasteiger partial charge in [0.15, 0.2) is 0 Å². The Hall–Kier alpha value is -0.210. The highest BCUT2D eigenvalue weighted by Gasteiger charge is 2.38. The van der Waals surface area contributed by atoms with Gasteiger partial charge in [-0.3, -0.25) is 4.90 Å². The number of piperazine rings is 1. The van der Waals surface area contributed by atoms with Crippen LogP contribution in [-0.2, 0) is 10.2 Å². The lowest BCUT2D eigenvalue weighted by atomic mass is 10.1. The van der Waals surface area contributed by atoms with Crippen LogP contribution in [0.25, 0.3) is 0 Å². The monoisotopic (exact) mass is 248 g/mol. The minimum Gasteiger partial charge on any atom is -0.314 e. The molecular weight excluding hydrogens is 228 g/mol. The van der Waals surface area contributed by atoms with Crippen molar-refractivity contribution in [2.24, 2.45) is 0 Å². The van der Waals surface area contributed by atoms with Crippen molar-refractivity contribution in [3.63, 3.8) is 0 Å². The Morgan fingerprint density at radius 1 is 1.31 bits per heavy atom. The lowest BCUT2D eigenvalue weighted by molar-refractivity contribution is 0.0766. The summed E-state index contributed by atoms with van der Waals surface area (Å²) in [7, 11) is -3.20. The van der Waals surface area contributed by atoms with Crippen molar-refractivity contribution in [2.45, 2.75) is 13.0 Å². The normalized spacial score (nSPS) is 25.6. The molecule has 0 bridgehead atoms. The zero-order valence-corrected chi connectivity index (χ0v) is 10.5. The molecule has 0 aromatic rings. The SMILES string of the molecule is CCNS(=O)(=O)N1CC(N2CCNCC2)C1. The molecule has 0 spiro atoms. The molecule has 0 saturated carbocycles. The third-order valence-corrected chi connectivity index (χ3v) is 4.79. The van der Waals surface area contributed by atoms with E-state index in [-0.39, 0.29) is 0 Å². The average molecular weight is 248 g/mol. The van der Waals surface area contributed by atoms with Crippen LogP contribution in [-0.4, -0.2) is 69.5 Å². The van der Waals surface area contributed by atoms with Crippen molar-refractivity contribution in [2.75, 3.05) is 45.8 Å². The Bertz CT molecular complexity index is 320. The summed E-state index contributed by atoms with van der Waals surface area (Å²) in [6.07, 6.45) is 0. The first-order chi connectivity index (χ1) is 7.63. The first-order valence-electron chi connectivity index (χ1n) is 5.83. The van der Waals surface area contributed by atoms with Gasteiger partial charge in [-0.1, -0.05) is 6.92 Å². The molecule has 0 aromatic carbocycles. The van der Waals surface area contributed by atoms with Crippen LogP contribution >= 0.6 is 0 Å². The van der Waals surface area contributed by atoms with E-state index >= 15 is 0 Å². The van der Waals surface area contributed by atoms with Crippen molar-refractivity contribution in [3.05, 3.63) is 0 Å². The van der Waals surface area contributed by atoms with Gasteiger partial charge >= 0.3 is 0 Å². The summed E-state index contributed by atoms with van der Waals surface area (Å²) in [4.78, 5) is 2.37. The highest BCUT2D eigenvalue weighted by Crippen LogP contribution is 2.18. The molecule has 6 nitrogen and oxygen atoms in total. The molecule has 2 heterocycles. The maximum Gasteiger partial charge on any atom is 0.279 e. The second-order valence-corrected chi connectivity index (χ2v) is 6.01. The van der Waals surface area contributed by atoms with Crippen LogP contribution in [0.1, 0.15) is 6.92 Å². The van der Waals surface area contributed by atoms with Crippen LogP contribution in [0.15, 0.2) is 0 Å². The Morgan fingerprint density at radius 2 is 1.94 bits per heavy atom. The maximum atomic E-state index is 11.6. The highest BCUT2D eigenvalue weighted by atomic mass is 32.2. The van der Waals surface area contributed by atoms with Gasteiger partial charge in [-0.25, -0.2) is 4.72 Å². The van der Waals surface area contributed by atoms with Crippen molar-refractivity contribution in [1.82, 2.24) is 19.2 Å². The summed E-state index contributed by atoms with van der Waals surface area (Å²) in [6.45, 7) is 7.60. The number of nitrogens with zero attached hydrogens (tertiary/aromatic N) is 2. The minimum atomic E-state index is -3.20. The summed E-state index contributed by atoms with van der Waals surface area (Å²) in [5.74, 6) is 0. The summed E-state index contributed by atoms with van der Waals surface area (Å²) in [5.41, 5.74) is 0. The smallest absolute Gasteiger partial charge is 0.279 e. The predicted octanol–water partition coefficient (Wildman–Crippen LogP) is -1.57. The highest BCUT2D eigenvalue weighted by molar-refractivity contribution is 7.87. The molecule has 0 atom stereocenters. The molecule has 2 saturated heterocycles. The van der Waals surface area contributed by atoms with E-state index in [1.54, 1.807) is 6.92 Å². The Morgan fingerprint density at radius 3 is 2.50 bits per heavy atom. The molecule has 0 aliphatic carbocycles. The average Bonchev–Trinajstić information content (AvgIpc) is 2.16. The van der Waals surface area contributed by atoms with E-state index < -0.39 is 10.2 Å². The molecule has 7 heteroatoms. The number of rotatable bonds is 4. The Labute approximate surface area is 97.2 Å². The molecule has 0 aromatic heterocycles. The summed E-state index contributed by atoms with van der Waals surface area (Å²) < 4.78 is 27.3. The number of hydrogen-bond acceptors (Lipinski definition) is 4. The van der Waals surface area contributed by atoms with Crippen molar-refractivity contribution >= 4 is 10.2 Å². The molecule has 0 unspecified atom stereocenters. The van der Waals surface area contributed by atoms with E-state index in [0.717, 1.165) is 26.2 Å². The summed E-state index contributed by atoms with van der Waals surface area (Å²) in [6, 6.07) is 0.413. The van der Waals surface area contributed by atoms with Gasteiger partial charge in [0.25, 0.3) is 10.2 Å². The van der Waals surface area contributed by atoms with E-state index in [4.69, 9.17) is 0 Å². The molecule has 2 aliphatic rings. The van der Waals surface area contributed by atoms with E-state index in [0.29, 0.717) is 25.7 Å². The van der Waals surface area contributed by atoms with Gasteiger partial charge in [0.05, 0.1) is 0 Å². The van der Waals surface area contributed by atoms with Crippen LogP contribution in [0, 0.1) is 0 Å². The Kier molecular flexibility index (Phi) is 3.81. The fourth-order valence-corrected chi connectivity index (χ4v) is 3.45. The zero-order valence-electron chi connectivity index (χ0n) is 9.65. The zero-order chi connectivity index (χ0) is 11.6. The van der Waals surface area contributed by atoms with E-state index in [1.807, 2.05) is 0 Å². The summed E-state index contributed by atoms with van der Waals surface area (Å²) >= 11 is 0. The molecule has 2 fully saturated rings. The molecule has 2 rings (SSSR count). The molecular formula is C9H20N4O2S. The van der Waals surface area contributed by atoms with Crippen LogP contribution in [0.2, 0.25) is 0 Å². The van der Waals surface area contributed by atoms with Gasteiger partial charge in [0, 0.05) is 51.9 Å². The summed E-state index contributed by atoms with van der Waals surface area (Å²) in [5, 5.41) is 3.29. The van der Waals surface area contributed by atoms with Gasteiger partial charge in [-0.2, -0.15) is 12.7 Å². The van der Waals surface area contributed by atoms with Crippen LogP contribution in [0.3, 0.4) is 0 Å². The fourth-order valence-electron chi connectivity index (χ4n) is 2.16. The third-order valence-electron chi connectivity index (χ3n) is 3.16. The quantitative estimate of drug-likeness (QED) is 0.631. The van der Waals surface area contributed by atoms with Gasteiger partial charge in [0.1, 0.15) is 0 Å². The molecule has 2 N–H and O–H groups in total. The largest absolute Gasteiger partial charge is 0.314 e.